The quantitative estimate of drug-likeness (QED) is 0.532. The lowest BCUT2D eigenvalue weighted by Gasteiger charge is -2.16. The molecule has 1 aliphatic heterocycles. The number of rotatable bonds is 0. The van der Waals surface area contributed by atoms with Crippen LogP contribution in [0.15, 0.2) is 46.6 Å². The normalized spacial score (nSPS) is 32.3. The van der Waals surface area contributed by atoms with E-state index in [1.54, 1.807) is 0 Å². The summed E-state index contributed by atoms with van der Waals surface area (Å²) in [5.74, 6) is -0.201. The molecule has 0 spiro atoms. The van der Waals surface area contributed by atoms with Crippen LogP contribution in [0.2, 0.25) is 0 Å². The summed E-state index contributed by atoms with van der Waals surface area (Å²) in [6.45, 7) is 10.0. The molecule has 0 fully saturated rings. The number of hydrogen-bond acceptors (Lipinski definition) is 3. The van der Waals surface area contributed by atoms with Crippen molar-refractivity contribution in [1.29, 1.82) is 0 Å². The van der Waals surface area contributed by atoms with Gasteiger partial charge < -0.3 is 9.84 Å². The molecule has 2 rings (SSSR count). The average Bonchev–Trinajstić information content (AvgIpc) is 2.76. The Balaban J connectivity index is 2.23. The van der Waals surface area contributed by atoms with Crippen LogP contribution < -0.4 is 0 Å². The van der Waals surface area contributed by atoms with E-state index >= 15 is 0 Å². The molecule has 0 aromatic carbocycles. The maximum Gasteiger partial charge on any atom is 0.334 e. The van der Waals surface area contributed by atoms with Crippen LogP contribution in [0.25, 0.3) is 0 Å². The molecule has 0 unspecified atom stereocenters. The van der Waals surface area contributed by atoms with Crippen LogP contribution in [-0.2, 0) is 9.53 Å². The van der Waals surface area contributed by atoms with Crippen LogP contribution in [0.3, 0.4) is 0 Å². The molecule has 0 saturated carbocycles. The first-order valence-corrected chi connectivity index (χ1v) is 8.47. The summed E-state index contributed by atoms with van der Waals surface area (Å²) in [6, 6.07) is 0. The Hall–Kier alpha value is -1.61. The molecule has 0 bridgehead atoms. The molecule has 2 aliphatic rings. The second-order valence-electron chi connectivity index (χ2n) is 6.79. The molecule has 0 amide bonds. The van der Waals surface area contributed by atoms with Crippen molar-refractivity contribution >= 4 is 5.97 Å². The van der Waals surface area contributed by atoms with Crippen molar-refractivity contribution in [3.8, 4) is 0 Å². The third kappa shape index (κ3) is 4.68. The molecule has 126 valence electrons. The first-order valence-electron chi connectivity index (χ1n) is 8.47. The lowest BCUT2D eigenvalue weighted by Crippen LogP contribution is -2.12. The third-order valence-corrected chi connectivity index (χ3v) is 4.83. The van der Waals surface area contributed by atoms with Gasteiger partial charge in [0.15, 0.2) is 0 Å². The largest absolute Gasteiger partial charge is 0.450 e. The molecular formula is C20H28O3. The Morgan fingerprint density at radius 3 is 2.61 bits per heavy atom. The van der Waals surface area contributed by atoms with Gasteiger partial charge in [-0.2, -0.15) is 0 Å². The highest BCUT2D eigenvalue weighted by Crippen LogP contribution is 2.30. The Kier molecular flexibility index (Phi) is 6.00. The zero-order valence-electron chi connectivity index (χ0n) is 14.5. The topological polar surface area (TPSA) is 46.5 Å². The maximum absolute atomic E-state index is 11.9. The Morgan fingerprint density at radius 2 is 1.87 bits per heavy atom. The molecule has 1 aliphatic carbocycles. The van der Waals surface area contributed by atoms with Crippen molar-refractivity contribution in [1.82, 2.24) is 0 Å². The van der Waals surface area contributed by atoms with Crippen molar-refractivity contribution in [3.05, 3.63) is 46.6 Å². The SMILES string of the molecule is C=C1CC/C=C(/C)CCC2=C(C)C(=O)O[C@H]2/C=C(/C)CC[C@H]1O. The van der Waals surface area contributed by atoms with Gasteiger partial charge in [-0.1, -0.05) is 23.8 Å². The van der Waals surface area contributed by atoms with Gasteiger partial charge in [-0.25, -0.2) is 4.79 Å². The van der Waals surface area contributed by atoms with Crippen molar-refractivity contribution in [3.63, 3.8) is 0 Å². The molecule has 0 aromatic heterocycles. The van der Waals surface area contributed by atoms with Crippen molar-refractivity contribution in [2.24, 2.45) is 0 Å². The third-order valence-electron chi connectivity index (χ3n) is 4.83. The zero-order chi connectivity index (χ0) is 17.0. The van der Waals surface area contributed by atoms with Crippen LogP contribution in [0, 0.1) is 0 Å². The Bertz CT molecular complexity index is 578. The summed E-state index contributed by atoms with van der Waals surface area (Å²) in [5, 5.41) is 10.2. The highest BCUT2D eigenvalue weighted by Gasteiger charge is 2.29. The van der Waals surface area contributed by atoms with Crippen LogP contribution in [0.4, 0.5) is 0 Å². The number of hydrogen-bond donors (Lipinski definition) is 1. The number of ether oxygens (including phenoxy) is 1. The minimum atomic E-state index is -0.460. The van der Waals surface area contributed by atoms with Gasteiger partial charge in [0.25, 0.3) is 0 Å². The fourth-order valence-corrected chi connectivity index (χ4v) is 3.10. The molecule has 23 heavy (non-hydrogen) atoms. The van der Waals surface area contributed by atoms with E-state index in [2.05, 4.69) is 19.6 Å². The van der Waals surface area contributed by atoms with E-state index in [4.69, 9.17) is 4.74 Å². The van der Waals surface area contributed by atoms with E-state index in [1.165, 1.54) is 5.57 Å². The number of esters is 1. The molecule has 3 nitrogen and oxygen atoms in total. The second kappa shape index (κ2) is 7.78. The van der Waals surface area contributed by atoms with Crippen molar-refractivity contribution in [2.45, 2.75) is 71.5 Å². The number of aliphatic hydroxyl groups is 1. The van der Waals surface area contributed by atoms with E-state index in [1.807, 2.05) is 19.9 Å². The maximum atomic E-state index is 11.9. The highest BCUT2D eigenvalue weighted by molar-refractivity contribution is 5.92. The van der Waals surface area contributed by atoms with E-state index in [0.717, 1.165) is 54.4 Å². The van der Waals surface area contributed by atoms with E-state index in [9.17, 15) is 9.90 Å². The van der Waals surface area contributed by atoms with Gasteiger partial charge in [-0.05, 0) is 76.5 Å². The first-order chi connectivity index (χ1) is 10.9. The van der Waals surface area contributed by atoms with Crippen LogP contribution in [-0.4, -0.2) is 23.3 Å². The predicted octanol–water partition coefficient (Wildman–Crippen LogP) is 4.39. The van der Waals surface area contributed by atoms with E-state index < -0.39 is 6.10 Å². The van der Waals surface area contributed by atoms with Gasteiger partial charge in [-0.3, -0.25) is 0 Å². The van der Waals surface area contributed by atoms with Gasteiger partial charge >= 0.3 is 5.97 Å². The molecule has 0 radical (unpaired) electrons. The number of carbonyl (C=O) groups excluding carboxylic acids is 1. The number of carbonyl (C=O) groups is 1. The van der Waals surface area contributed by atoms with Gasteiger partial charge in [0.2, 0.25) is 0 Å². The lowest BCUT2D eigenvalue weighted by molar-refractivity contribution is -0.138. The lowest BCUT2D eigenvalue weighted by atomic mass is 9.94. The molecule has 1 N–H and O–H groups in total. The Labute approximate surface area is 139 Å². The second-order valence-corrected chi connectivity index (χ2v) is 6.79. The predicted molar refractivity (Wildman–Crippen MR) is 92.9 cm³/mol. The van der Waals surface area contributed by atoms with Gasteiger partial charge in [-0.15, -0.1) is 0 Å². The molecule has 3 heteroatoms. The summed E-state index contributed by atoms with van der Waals surface area (Å²) in [4.78, 5) is 11.9. The molecule has 0 aromatic rings. The van der Waals surface area contributed by atoms with Gasteiger partial charge in [0.1, 0.15) is 6.10 Å². The zero-order valence-corrected chi connectivity index (χ0v) is 14.5. The van der Waals surface area contributed by atoms with Crippen molar-refractivity contribution in [2.75, 3.05) is 0 Å². The minimum absolute atomic E-state index is 0.201. The van der Waals surface area contributed by atoms with Crippen molar-refractivity contribution < 1.29 is 14.6 Å². The number of aliphatic hydroxyl groups excluding tert-OH is 1. The van der Waals surface area contributed by atoms with Gasteiger partial charge in [0.05, 0.1) is 6.10 Å². The molecular weight excluding hydrogens is 288 g/mol. The summed E-state index contributed by atoms with van der Waals surface area (Å²) < 4.78 is 5.50. The minimum Gasteiger partial charge on any atom is -0.450 e. The fourth-order valence-electron chi connectivity index (χ4n) is 3.10. The number of fused-ring (bicyclic) bond motifs is 1. The first kappa shape index (κ1) is 17.7. The molecule has 0 saturated heterocycles. The van der Waals surface area contributed by atoms with Gasteiger partial charge in [0, 0.05) is 5.57 Å². The Morgan fingerprint density at radius 1 is 1.13 bits per heavy atom. The average molecular weight is 316 g/mol. The standard InChI is InChI=1S/C20H28O3/c1-13-6-5-7-15(3)18(21)11-9-14(2)12-19-17(10-8-13)16(4)20(22)23-19/h6,12,18-19,21H,3,5,7-11H2,1-2,4H3/b13-6-,14-12-/t18-,19+/m1/s1. The van der Waals surface area contributed by atoms with E-state index in [0.29, 0.717) is 6.42 Å². The number of allylic oxidation sites excluding steroid dienone is 3. The summed E-state index contributed by atoms with van der Waals surface area (Å²) in [7, 11) is 0. The van der Waals surface area contributed by atoms with E-state index in [-0.39, 0.29) is 12.1 Å². The summed E-state index contributed by atoms with van der Waals surface area (Å²) in [6.07, 6.45) is 8.53. The molecule has 2 atom stereocenters. The fraction of sp³-hybridized carbons (Fsp3) is 0.550. The highest BCUT2D eigenvalue weighted by atomic mass is 16.5. The summed E-state index contributed by atoms with van der Waals surface area (Å²) in [5.41, 5.74) is 5.22. The smallest absolute Gasteiger partial charge is 0.334 e. The molecule has 1 heterocycles. The monoisotopic (exact) mass is 316 g/mol. The summed E-state index contributed by atoms with van der Waals surface area (Å²) >= 11 is 0. The van der Waals surface area contributed by atoms with Crippen LogP contribution in [0.5, 0.6) is 0 Å². The van der Waals surface area contributed by atoms with Crippen LogP contribution >= 0.6 is 0 Å². The van der Waals surface area contributed by atoms with Crippen LogP contribution in [0.1, 0.15) is 59.3 Å².